The molecule has 5 rings (SSSR count). The molecule has 0 fully saturated rings. The number of para-hydroxylation sites is 1. The number of rotatable bonds is 5. The summed E-state index contributed by atoms with van der Waals surface area (Å²) in [6, 6.07) is 24.1. The third kappa shape index (κ3) is 3.19. The van der Waals surface area contributed by atoms with Crippen molar-refractivity contribution in [3.8, 4) is 17.6 Å². The minimum Gasteiger partial charge on any atom is -0.494 e. The zero-order valence-electron chi connectivity index (χ0n) is 18.6. The third-order valence-electron chi connectivity index (χ3n) is 6.65. The van der Waals surface area contributed by atoms with Crippen molar-refractivity contribution in [3.63, 3.8) is 0 Å². The Hall–Kier alpha value is -3.51. The molecule has 3 heteroatoms. The zero-order chi connectivity index (χ0) is 22.1. The Morgan fingerprint density at radius 2 is 1.72 bits per heavy atom. The van der Waals surface area contributed by atoms with E-state index < -0.39 is 5.54 Å². The van der Waals surface area contributed by atoms with Gasteiger partial charge in [0.1, 0.15) is 5.75 Å². The van der Waals surface area contributed by atoms with Crippen LogP contribution >= 0.6 is 0 Å². The average molecular weight is 422 g/mol. The number of fused-ring (bicyclic) bond motifs is 5. The highest BCUT2D eigenvalue weighted by Crippen LogP contribution is 2.57. The van der Waals surface area contributed by atoms with E-state index in [9.17, 15) is 4.79 Å². The summed E-state index contributed by atoms with van der Waals surface area (Å²) >= 11 is 0. The average Bonchev–Trinajstić information content (AvgIpc) is 3.22. The monoisotopic (exact) mass is 421 g/mol. The second kappa shape index (κ2) is 8.20. The highest BCUT2D eigenvalue weighted by atomic mass is 16.5. The Kier molecular flexibility index (Phi) is 5.23. The van der Waals surface area contributed by atoms with E-state index in [1.165, 1.54) is 12.8 Å². The quantitative estimate of drug-likeness (QED) is 0.358. The molecule has 3 nitrogen and oxygen atoms in total. The molecule has 0 unspecified atom stereocenters. The Labute approximate surface area is 190 Å². The number of anilines is 1. The lowest BCUT2D eigenvalue weighted by Gasteiger charge is -2.32. The molecule has 0 saturated heterocycles. The van der Waals surface area contributed by atoms with Crippen LogP contribution < -0.4 is 9.64 Å². The lowest BCUT2D eigenvalue weighted by Crippen LogP contribution is -2.40. The van der Waals surface area contributed by atoms with Gasteiger partial charge in [-0.3, -0.25) is 9.69 Å². The van der Waals surface area contributed by atoms with Crippen LogP contribution in [0.3, 0.4) is 0 Å². The van der Waals surface area contributed by atoms with Gasteiger partial charge in [0.2, 0.25) is 0 Å². The van der Waals surface area contributed by atoms with Gasteiger partial charge in [-0.05, 0) is 60.9 Å². The summed E-state index contributed by atoms with van der Waals surface area (Å²) in [6.07, 6.45) is 3.46. The van der Waals surface area contributed by atoms with Gasteiger partial charge in [0.25, 0.3) is 5.91 Å². The number of hydrogen-bond donors (Lipinski definition) is 0. The number of carbonyl (C=O) groups excluding carboxylic acids is 1. The first-order valence-corrected chi connectivity index (χ1v) is 11.4. The Morgan fingerprint density at radius 3 is 2.53 bits per heavy atom. The van der Waals surface area contributed by atoms with Crippen molar-refractivity contribution >= 4 is 11.6 Å². The number of nitrogens with zero attached hydrogens (tertiary/aromatic N) is 1. The first kappa shape index (κ1) is 20.4. The van der Waals surface area contributed by atoms with Crippen molar-refractivity contribution in [3.05, 3.63) is 95.1 Å². The number of ether oxygens (including phenoxy) is 1. The van der Waals surface area contributed by atoms with Crippen LogP contribution in [0, 0.1) is 11.8 Å². The third-order valence-corrected chi connectivity index (χ3v) is 6.65. The topological polar surface area (TPSA) is 29.5 Å². The van der Waals surface area contributed by atoms with Crippen LogP contribution in [0.5, 0.6) is 5.75 Å². The van der Waals surface area contributed by atoms with Crippen LogP contribution in [0.4, 0.5) is 5.69 Å². The molecule has 1 amide bonds. The van der Waals surface area contributed by atoms with Crippen LogP contribution in [0.25, 0.3) is 0 Å². The Bertz CT molecular complexity index is 1220. The molecular weight excluding hydrogens is 394 g/mol. The van der Waals surface area contributed by atoms with Gasteiger partial charge in [0.15, 0.2) is 0 Å². The summed E-state index contributed by atoms with van der Waals surface area (Å²) in [5.74, 6) is 7.73. The fraction of sp³-hybridized carbons (Fsp3) is 0.276. The maximum atomic E-state index is 13.3. The summed E-state index contributed by atoms with van der Waals surface area (Å²) in [5.41, 5.74) is 4.35. The molecule has 0 aliphatic carbocycles. The predicted molar refractivity (Wildman–Crippen MR) is 128 cm³/mol. The number of benzene rings is 3. The van der Waals surface area contributed by atoms with Gasteiger partial charge in [0.05, 0.1) is 18.1 Å². The number of amides is 1. The van der Waals surface area contributed by atoms with Crippen molar-refractivity contribution < 1.29 is 9.53 Å². The Balaban J connectivity index is 1.47. The Morgan fingerprint density at radius 1 is 0.969 bits per heavy atom. The first-order chi connectivity index (χ1) is 15.6. The molecule has 0 saturated carbocycles. The summed E-state index contributed by atoms with van der Waals surface area (Å²) in [7, 11) is 0. The van der Waals surface area contributed by atoms with Gasteiger partial charge in [-0.25, -0.2) is 0 Å². The second-order valence-electron chi connectivity index (χ2n) is 8.67. The van der Waals surface area contributed by atoms with Crippen molar-refractivity contribution in [2.75, 3.05) is 11.5 Å². The summed E-state index contributed by atoms with van der Waals surface area (Å²) in [6.45, 7) is 5.08. The SMILES string of the molecule is CCCCCOc1ccc(C#C[C@@H]2c3ccccc3N3C(=O)c4ccccc4[C@]23C)cc1. The van der Waals surface area contributed by atoms with Gasteiger partial charge in [-0.2, -0.15) is 0 Å². The second-order valence-corrected chi connectivity index (χ2v) is 8.67. The molecule has 2 heterocycles. The van der Waals surface area contributed by atoms with E-state index in [-0.39, 0.29) is 11.8 Å². The van der Waals surface area contributed by atoms with E-state index in [1.807, 2.05) is 65.6 Å². The molecule has 0 spiro atoms. The van der Waals surface area contributed by atoms with Crippen molar-refractivity contribution in [1.82, 2.24) is 0 Å². The van der Waals surface area contributed by atoms with E-state index in [1.54, 1.807) is 0 Å². The summed E-state index contributed by atoms with van der Waals surface area (Å²) in [5, 5.41) is 0. The van der Waals surface area contributed by atoms with Crippen LogP contribution in [0.1, 0.15) is 66.1 Å². The van der Waals surface area contributed by atoms with Gasteiger partial charge in [0, 0.05) is 16.8 Å². The molecule has 0 radical (unpaired) electrons. The van der Waals surface area contributed by atoms with Crippen molar-refractivity contribution in [1.29, 1.82) is 0 Å². The maximum Gasteiger partial charge on any atom is 0.259 e. The zero-order valence-corrected chi connectivity index (χ0v) is 18.6. The highest BCUT2D eigenvalue weighted by Gasteiger charge is 2.57. The molecule has 0 N–H and O–H groups in total. The van der Waals surface area contributed by atoms with Crippen LogP contribution in [0.2, 0.25) is 0 Å². The van der Waals surface area contributed by atoms with Crippen LogP contribution in [-0.4, -0.2) is 12.5 Å². The van der Waals surface area contributed by atoms with Crippen molar-refractivity contribution in [2.24, 2.45) is 0 Å². The van der Waals surface area contributed by atoms with Gasteiger partial charge >= 0.3 is 0 Å². The molecule has 3 aromatic carbocycles. The molecule has 2 aliphatic heterocycles. The lowest BCUT2D eigenvalue weighted by atomic mass is 9.79. The molecule has 2 atom stereocenters. The largest absolute Gasteiger partial charge is 0.494 e. The first-order valence-electron chi connectivity index (χ1n) is 11.4. The standard InChI is InChI=1S/C29H27NO2/c1-3-4-9-20-32-22-17-14-21(15-18-22)16-19-26-23-10-6-8-13-27(23)30-28(31)24-11-5-7-12-25(24)29(26,30)2/h5-8,10-15,17-18,26H,3-4,9,20H2,1-2H3/t26-,29-/m1/s1. The van der Waals surface area contributed by atoms with Gasteiger partial charge in [-0.1, -0.05) is 68.0 Å². The fourth-order valence-electron chi connectivity index (χ4n) is 5.00. The predicted octanol–water partition coefficient (Wildman–Crippen LogP) is 6.28. The molecule has 3 aromatic rings. The summed E-state index contributed by atoms with van der Waals surface area (Å²) < 4.78 is 5.82. The number of unbranched alkanes of at least 4 members (excludes halogenated alkanes) is 2. The lowest BCUT2D eigenvalue weighted by molar-refractivity contribution is 0.0982. The highest BCUT2D eigenvalue weighted by molar-refractivity contribution is 6.14. The van der Waals surface area contributed by atoms with Gasteiger partial charge < -0.3 is 4.74 Å². The van der Waals surface area contributed by atoms with E-state index in [2.05, 4.69) is 37.8 Å². The molecule has 0 bridgehead atoms. The van der Waals surface area contributed by atoms with E-state index in [0.29, 0.717) is 0 Å². The molecule has 160 valence electrons. The summed E-state index contributed by atoms with van der Waals surface area (Å²) in [4.78, 5) is 15.2. The smallest absolute Gasteiger partial charge is 0.259 e. The maximum absolute atomic E-state index is 13.3. The molecule has 2 aliphatic rings. The molecular formula is C29H27NO2. The van der Waals surface area contributed by atoms with Crippen LogP contribution in [-0.2, 0) is 5.54 Å². The molecule has 0 aromatic heterocycles. The normalized spacial score (nSPS) is 20.2. The fourth-order valence-corrected chi connectivity index (χ4v) is 5.00. The number of hydrogen-bond acceptors (Lipinski definition) is 2. The van der Waals surface area contributed by atoms with E-state index >= 15 is 0 Å². The minimum absolute atomic E-state index is 0.0597. The van der Waals surface area contributed by atoms with E-state index in [0.717, 1.165) is 46.7 Å². The van der Waals surface area contributed by atoms with E-state index in [4.69, 9.17) is 4.74 Å². The van der Waals surface area contributed by atoms with Gasteiger partial charge in [-0.15, -0.1) is 0 Å². The van der Waals surface area contributed by atoms with Crippen LogP contribution in [0.15, 0.2) is 72.8 Å². The number of carbonyl (C=O) groups is 1. The van der Waals surface area contributed by atoms with Crippen molar-refractivity contribution in [2.45, 2.75) is 44.6 Å². The minimum atomic E-state index is -0.507. The molecule has 32 heavy (non-hydrogen) atoms.